The average molecular weight is 220 g/mol. The van der Waals surface area contributed by atoms with Gasteiger partial charge in [-0.05, 0) is 38.1 Å². The van der Waals surface area contributed by atoms with E-state index in [2.05, 4.69) is 62.3 Å². The fraction of sp³-hybridized carbons (Fsp3) is 0.571. The molecule has 0 fully saturated rings. The molecule has 0 radical (unpaired) electrons. The molecule has 1 atom stereocenters. The molecule has 0 aliphatic carbocycles. The van der Waals surface area contributed by atoms with E-state index >= 15 is 0 Å². The molecule has 0 amide bonds. The van der Waals surface area contributed by atoms with Crippen molar-refractivity contribution in [2.24, 2.45) is 5.92 Å². The molecule has 90 valence electrons. The van der Waals surface area contributed by atoms with Crippen LogP contribution in [0.5, 0.6) is 0 Å². The minimum absolute atomic E-state index is 0.672. The van der Waals surface area contributed by atoms with Crippen molar-refractivity contribution in [2.75, 3.05) is 31.6 Å². The third kappa shape index (κ3) is 4.23. The highest BCUT2D eigenvalue weighted by molar-refractivity contribution is 5.46. The standard InChI is InChI=1S/C14H24N2/c1-5-15-10-13(3)11-16(4)14-8-6-12(2)7-9-14/h6-9,13,15H,5,10-11H2,1-4H3. The summed E-state index contributed by atoms with van der Waals surface area (Å²) in [6.07, 6.45) is 0. The summed E-state index contributed by atoms with van der Waals surface area (Å²) < 4.78 is 0. The van der Waals surface area contributed by atoms with Crippen LogP contribution in [-0.4, -0.2) is 26.7 Å². The van der Waals surface area contributed by atoms with Gasteiger partial charge in [-0.1, -0.05) is 31.5 Å². The summed E-state index contributed by atoms with van der Waals surface area (Å²) in [6, 6.07) is 8.71. The van der Waals surface area contributed by atoms with Gasteiger partial charge in [0.15, 0.2) is 0 Å². The van der Waals surface area contributed by atoms with Crippen LogP contribution < -0.4 is 10.2 Å². The normalized spacial score (nSPS) is 12.5. The first-order chi connectivity index (χ1) is 7.63. The highest BCUT2D eigenvalue weighted by Gasteiger charge is 2.06. The van der Waals surface area contributed by atoms with Crippen LogP contribution in [0.25, 0.3) is 0 Å². The van der Waals surface area contributed by atoms with Crippen molar-refractivity contribution in [1.82, 2.24) is 5.32 Å². The second kappa shape index (κ2) is 6.54. The van der Waals surface area contributed by atoms with Crippen molar-refractivity contribution in [3.63, 3.8) is 0 Å². The van der Waals surface area contributed by atoms with E-state index in [0.717, 1.165) is 19.6 Å². The van der Waals surface area contributed by atoms with E-state index in [1.807, 2.05) is 0 Å². The van der Waals surface area contributed by atoms with Crippen LogP contribution in [0.4, 0.5) is 5.69 Å². The average Bonchev–Trinajstić information content (AvgIpc) is 2.27. The number of aryl methyl sites for hydroxylation is 1. The number of nitrogens with zero attached hydrogens (tertiary/aromatic N) is 1. The van der Waals surface area contributed by atoms with Gasteiger partial charge in [-0.3, -0.25) is 0 Å². The zero-order valence-corrected chi connectivity index (χ0v) is 11.0. The molecule has 0 saturated carbocycles. The van der Waals surface area contributed by atoms with Crippen LogP contribution >= 0.6 is 0 Å². The predicted molar refractivity (Wildman–Crippen MR) is 72.2 cm³/mol. The van der Waals surface area contributed by atoms with E-state index in [9.17, 15) is 0 Å². The van der Waals surface area contributed by atoms with E-state index in [1.165, 1.54) is 11.3 Å². The molecule has 1 aromatic carbocycles. The summed E-state index contributed by atoms with van der Waals surface area (Å²) in [6.45, 7) is 9.79. The predicted octanol–water partition coefficient (Wildman–Crippen LogP) is 2.68. The smallest absolute Gasteiger partial charge is 0.0363 e. The maximum Gasteiger partial charge on any atom is 0.0363 e. The summed E-state index contributed by atoms with van der Waals surface area (Å²) in [5, 5.41) is 3.39. The largest absolute Gasteiger partial charge is 0.374 e. The number of rotatable bonds is 6. The van der Waals surface area contributed by atoms with Crippen molar-refractivity contribution in [3.8, 4) is 0 Å². The van der Waals surface area contributed by atoms with Gasteiger partial charge in [0.05, 0.1) is 0 Å². The van der Waals surface area contributed by atoms with Gasteiger partial charge >= 0.3 is 0 Å². The van der Waals surface area contributed by atoms with Gasteiger partial charge in [0.2, 0.25) is 0 Å². The Balaban J connectivity index is 2.45. The fourth-order valence-corrected chi connectivity index (χ4v) is 1.83. The lowest BCUT2D eigenvalue weighted by Gasteiger charge is -2.23. The highest BCUT2D eigenvalue weighted by atomic mass is 15.1. The van der Waals surface area contributed by atoms with Gasteiger partial charge in [0, 0.05) is 19.3 Å². The lowest BCUT2D eigenvalue weighted by molar-refractivity contribution is 0.523. The molecule has 2 nitrogen and oxygen atoms in total. The van der Waals surface area contributed by atoms with Gasteiger partial charge in [-0.2, -0.15) is 0 Å². The zero-order valence-electron chi connectivity index (χ0n) is 11.0. The van der Waals surface area contributed by atoms with E-state index in [0.29, 0.717) is 5.92 Å². The fourth-order valence-electron chi connectivity index (χ4n) is 1.83. The van der Waals surface area contributed by atoms with E-state index < -0.39 is 0 Å². The molecular formula is C14H24N2. The van der Waals surface area contributed by atoms with E-state index in [4.69, 9.17) is 0 Å². The lowest BCUT2D eigenvalue weighted by Crippen LogP contribution is -2.30. The second-order valence-corrected chi connectivity index (χ2v) is 4.63. The van der Waals surface area contributed by atoms with Crippen LogP contribution in [0.3, 0.4) is 0 Å². The van der Waals surface area contributed by atoms with Crippen LogP contribution in [0, 0.1) is 12.8 Å². The number of benzene rings is 1. The molecule has 0 aliphatic heterocycles. The zero-order chi connectivity index (χ0) is 12.0. The molecule has 1 N–H and O–H groups in total. The molecule has 1 unspecified atom stereocenters. The Hall–Kier alpha value is -1.02. The third-order valence-corrected chi connectivity index (χ3v) is 2.80. The summed E-state index contributed by atoms with van der Waals surface area (Å²) in [5.41, 5.74) is 2.62. The van der Waals surface area contributed by atoms with Crippen LogP contribution in [-0.2, 0) is 0 Å². The summed E-state index contributed by atoms with van der Waals surface area (Å²) in [7, 11) is 2.16. The summed E-state index contributed by atoms with van der Waals surface area (Å²) in [4.78, 5) is 2.32. The van der Waals surface area contributed by atoms with Gasteiger partial charge in [-0.25, -0.2) is 0 Å². The number of hydrogen-bond donors (Lipinski definition) is 1. The van der Waals surface area contributed by atoms with E-state index in [-0.39, 0.29) is 0 Å². The van der Waals surface area contributed by atoms with Gasteiger partial charge in [-0.15, -0.1) is 0 Å². The molecule has 2 heteroatoms. The van der Waals surface area contributed by atoms with Crippen molar-refractivity contribution < 1.29 is 0 Å². The van der Waals surface area contributed by atoms with Gasteiger partial charge in [0.25, 0.3) is 0 Å². The third-order valence-electron chi connectivity index (χ3n) is 2.80. The SMILES string of the molecule is CCNCC(C)CN(C)c1ccc(C)cc1. The molecule has 1 rings (SSSR count). The minimum atomic E-state index is 0.672. The van der Waals surface area contributed by atoms with Gasteiger partial charge in [0.1, 0.15) is 0 Å². The Kier molecular flexibility index (Phi) is 5.33. The molecule has 0 bridgehead atoms. The first-order valence-corrected chi connectivity index (χ1v) is 6.12. The quantitative estimate of drug-likeness (QED) is 0.793. The molecule has 0 aromatic heterocycles. The van der Waals surface area contributed by atoms with Crippen molar-refractivity contribution in [2.45, 2.75) is 20.8 Å². The first kappa shape index (κ1) is 13.0. The maximum absolute atomic E-state index is 3.39. The Morgan fingerprint density at radius 3 is 2.44 bits per heavy atom. The van der Waals surface area contributed by atoms with Crippen molar-refractivity contribution in [1.29, 1.82) is 0 Å². The Morgan fingerprint density at radius 2 is 1.88 bits per heavy atom. The number of nitrogens with one attached hydrogen (secondary N) is 1. The topological polar surface area (TPSA) is 15.3 Å². The minimum Gasteiger partial charge on any atom is -0.374 e. The molecule has 0 saturated heterocycles. The first-order valence-electron chi connectivity index (χ1n) is 6.12. The molecular weight excluding hydrogens is 196 g/mol. The molecule has 0 spiro atoms. The summed E-state index contributed by atoms with van der Waals surface area (Å²) >= 11 is 0. The van der Waals surface area contributed by atoms with Crippen molar-refractivity contribution >= 4 is 5.69 Å². The van der Waals surface area contributed by atoms with Crippen molar-refractivity contribution in [3.05, 3.63) is 29.8 Å². The highest BCUT2D eigenvalue weighted by Crippen LogP contribution is 2.14. The second-order valence-electron chi connectivity index (χ2n) is 4.63. The molecule has 0 aliphatic rings. The number of hydrogen-bond acceptors (Lipinski definition) is 2. The monoisotopic (exact) mass is 220 g/mol. The molecule has 16 heavy (non-hydrogen) atoms. The summed E-state index contributed by atoms with van der Waals surface area (Å²) in [5.74, 6) is 0.672. The van der Waals surface area contributed by atoms with E-state index in [1.54, 1.807) is 0 Å². The Labute approximate surface area is 99.7 Å². The van der Waals surface area contributed by atoms with Crippen LogP contribution in [0.1, 0.15) is 19.4 Å². The van der Waals surface area contributed by atoms with Crippen LogP contribution in [0.2, 0.25) is 0 Å². The molecule has 1 aromatic rings. The van der Waals surface area contributed by atoms with Gasteiger partial charge < -0.3 is 10.2 Å². The lowest BCUT2D eigenvalue weighted by atomic mass is 10.1. The van der Waals surface area contributed by atoms with Crippen LogP contribution in [0.15, 0.2) is 24.3 Å². The maximum atomic E-state index is 3.39. The Bertz CT molecular complexity index is 292. The molecule has 0 heterocycles. The Morgan fingerprint density at radius 1 is 1.25 bits per heavy atom. The number of anilines is 1.